The van der Waals surface area contributed by atoms with Crippen LogP contribution in [0.5, 0.6) is 0 Å². The molecule has 2 aromatic heterocycles. The van der Waals surface area contributed by atoms with Gasteiger partial charge in [-0.15, -0.1) is 11.3 Å². The molecule has 154 valence electrons. The van der Waals surface area contributed by atoms with Gasteiger partial charge in [0.1, 0.15) is 0 Å². The van der Waals surface area contributed by atoms with E-state index in [1.54, 1.807) is 23.5 Å². The highest BCUT2D eigenvalue weighted by molar-refractivity contribution is 7.80. The Morgan fingerprint density at radius 3 is 2.40 bits per heavy atom. The van der Waals surface area contributed by atoms with Crippen LogP contribution in [0.15, 0.2) is 54.2 Å². The predicted octanol–water partition coefficient (Wildman–Crippen LogP) is 5.22. The second-order valence-electron chi connectivity index (χ2n) is 7.25. The monoisotopic (exact) mass is 435 g/mol. The van der Waals surface area contributed by atoms with Crippen molar-refractivity contribution in [1.29, 1.82) is 5.26 Å². The molecule has 0 saturated heterocycles. The van der Waals surface area contributed by atoms with Crippen LogP contribution in [-0.2, 0) is 12.8 Å². The normalized spacial score (nSPS) is 10.6. The van der Waals surface area contributed by atoms with E-state index < -0.39 is 0 Å². The summed E-state index contributed by atoms with van der Waals surface area (Å²) in [4.78, 5) is 13.1. The Hall–Kier alpha value is -2.82. The highest BCUT2D eigenvalue weighted by atomic mass is 32.1. The number of rotatable bonds is 7. The maximum Gasteiger partial charge on any atom is 0.180 e. The number of benzene rings is 1. The summed E-state index contributed by atoms with van der Waals surface area (Å²) in [6.45, 7) is 4.22. The summed E-state index contributed by atoms with van der Waals surface area (Å²) in [6.07, 6.45) is 6.70. The fourth-order valence-corrected chi connectivity index (χ4v) is 4.25. The molecule has 0 N–H and O–H groups in total. The topological polar surface area (TPSA) is 56.0 Å². The minimum Gasteiger partial charge on any atom is -0.322 e. The number of thiocarbonyl (C=S) groups is 1. The molecule has 2 heterocycles. The Bertz CT molecular complexity index is 990. The molecule has 5 nitrogen and oxygen atoms in total. The lowest BCUT2D eigenvalue weighted by Crippen LogP contribution is -2.45. The molecule has 7 heteroatoms. The van der Waals surface area contributed by atoms with Crippen molar-refractivity contribution in [2.45, 2.75) is 39.2 Å². The van der Waals surface area contributed by atoms with Gasteiger partial charge in [-0.05, 0) is 81.7 Å². The van der Waals surface area contributed by atoms with E-state index >= 15 is 0 Å². The van der Waals surface area contributed by atoms with Gasteiger partial charge in [0.05, 0.1) is 28.5 Å². The number of nitrogens with zero attached hydrogens (tertiary/aromatic N) is 5. The van der Waals surface area contributed by atoms with Gasteiger partial charge in [-0.2, -0.15) is 5.26 Å². The standard InChI is InChI=1S/C23H25N5S2/c1-17(2)28(23(29)27(3)20-10-7-18(15-24)8-11-20)21-12-9-19(26-16-21)5-4-6-22-25-13-14-30-22/h7-14,16-17H,4-6H2,1-3H3. The summed E-state index contributed by atoms with van der Waals surface area (Å²) in [5, 5.41) is 12.9. The molecule has 0 unspecified atom stereocenters. The van der Waals surface area contributed by atoms with Gasteiger partial charge in [-0.25, -0.2) is 4.98 Å². The average Bonchev–Trinajstić information content (AvgIpc) is 3.28. The number of aryl methyl sites for hydroxylation is 2. The molecule has 0 aliphatic rings. The molecular weight excluding hydrogens is 410 g/mol. The Balaban J connectivity index is 1.68. The molecule has 0 atom stereocenters. The minimum atomic E-state index is 0.177. The van der Waals surface area contributed by atoms with Crippen molar-refractivity contribution in [2.75, 3.05) is 16.8 Å². The number of aromatic nitrogens is 2. The molecule has 0 saturated carbocycles. The molecule has 0 radical (unpaired) electrons. The molecular formula is C23H25N5S2. The van der Waals surface area contributed by atoms with E-state index in [0.29, 0.717) is 10.7 Å². The summed E-state index contributed by atoms with van der Waals surface area (Å²) >= 11 is 7.50. The van der Waals surface area contributed by atoms with Crippen LogP contribution in [0, 0.1) is 11.3 Å². The molecule has 0 aliphatic heterocycles. The van der Waals surface area contributed by atoms with E-state index in [9.17, 15) is 0 Å². The van der Waals surface area contributed by atoms with Gasteiger partial charge in [-0.1, -0.05) is 0 Å². The van der Waals surface area contributed by atoms with E-state index in [1.165, 1.54) is 5.01 Å². The fourth-order valence-electron chi connectivity index (χ4n) is 3.17. The number of anilines is 2. The van der Waals surface area contributed by atoms with Crippen LogP contribution < -0.4 is 9.80 Å². The number of hydrogen-bond donors (Lipinski definition) is 0. The van der Waals surface area contributed by atoms with Crippen LogP contribution in [0.2, 0.25) is 0 Å². The van der Waals surface area contributed by atoms with Crippen molar-refractivity contribution in [2.24, 2.45) is 0 Å². The summed E-state index contributed by atoms with van der Waals surface area (Å²) < 4.78 is 0. The second-order valence-corrected chi connectivity index (χ2v) is 8.60. The van der Waals surface area contributed by atoms with Crippen LogP contribution in [0.4, 0.5) is 11.4 Å². The van der Waals surface area contributed by atoms with Crippen LogP contribution in [0.1, 0.15) is 36.5 Å². The largest absolute Gasteiger partial charge is 0.322 e. The summed E-state index contributed by atoms with van der Waals surface area (Å²) in [6, 6.07) is 13.9. The van der Waals surface area contributed by atoms with Gasteiger partial charge in [-0.3, -0.25) is 4.98 Å². The first-order valence-electron chi connectivity index (χ1n) is 9.90. The molecule has 30 heavy (non-hydrogen) atoms. The lowest BCUT2D eigenvalue weighted by molar-refractivity contribution is 0.785. The zero-order valence-corrected chi connectivity index (χ0v) is 19.1. The number of pyridine rings is 1. The summed E-state index contributed by atoms with van der Waals surface area (Å²) in [7, 11) is 1.94. The maximum absolute atomic E-state index is 9.00. The molecule has 1 aromatic carbocycles. The van der Waals surface area contributed by atoms with Crippen molar-refractivity contribution >= 4 is 40.0 Å². The van der Waals surface area contributed by atoms with Gasteiger partial charge in [0, 0.05) is 36.0 Å². The zero-order chi connectivity index (χ0) is 21.5. The van der Waals surface area contributed by atoms with Gasteiger partial charge in [0.2, 0.25) is 0 Å². The fraction of sp³-hybridized carbons (Fsp3) is 0.304. The lowest BCUT2D eigenvalue weighted by Gasteiger charge is -2.34. The molecule has 3 aromatic rings. The van der Waals surface area contributed by atoms with Crippen LogP contribution in [-0.4, -0.2) is 28.2 Å². The second kappa shape index (κ2) is 10.3. The first-order chi connectivity index (χ1) is 14.5. The molecule has 0 aliphatic carbocycles. The van der Waals surface area contributed by atoms with E-state index in [-0.39, 0.29) is 6.04 Å². The van der Waals surface area contributed by atoms with Crippen LogP contribution in [0.25, 0.3) is 0 Å². The average molecular weight is 436 g/mol. The number of nitriles is 1. The molecule has 0 spiro atoms. The minimum absolute atomic E-state index is 0.177. The Kier molecular flexibility index (Phi) is 7.50. The van der Waals surface area contributed by atoms with Crippen LogP contribution >= 0.6 is 23.6 Å². The van der Waals surface area contributed by atoms with Crippen molar-refractivity contribution in [3.63, 3.8) is 0 Å². The van der Waals surface area contributed by atoms with Gasteiger partial charge < -0.3 is 9.80 Å². The van der Waals surface area contributed by atoms with E-state index in [2.05, 4.69) is 46.9 Å². The van der Waals surface area contributed by atoms with Gasteiger partial charge >= 0.3 is 0 Å². The van der Waals surface area contributed by atoms with Crippen molar-refractivity contribution in [3.05, 3.63) is 70.4 Å². The third-order valence-electron chi connectivity index (χ3n) is 4.79. The first-order valence-corrected chi connectivity index (χ1v) is 11.2. The van der Waals surface area contributed by atoms with Crippen molar-refractivity contribution in [1.82, 2.24) is 9.97 Å². The lowest BCUT2D eigenvalue weighted by atomic mass is 10.1. The van der Waals surface area contributed by atoms with Crippen molar-refractivity contribution in [3.8, 4) is 6.07 Å². The number of hydrogen-bond acceptors (Lipinski definition) is 5. The van der Waals surface area contributed by atoms with Gasteiger partial charge in [0.25, 0.3) is 0 Å². The van der Waals surface area contributed by atoms with Crippen LogP contribution in [0.3, 0.4) is 0 Å². The highest BCUT2D eigenvalue weighted by Crippen LogP contribution is 2.22. The zero-order valence-electron chi connectivity index (χ0n) is 17.4. The molecule has 0 bridgehead atoms. The van der Waals surface area contributed by atoms with E-state index in [0.717, 1.165) is 36.3 Å². The molecule has 3 rings (SSSR count). The third-order valence-corrected chi connectivity index (χ3v) is 6.10. The predicted molar refractivity (Wildman–Crippen MR) is 128 cm³/mol. The quantitative estimate of drug-likeness (QED) is 0.474. The summed E-state index contributed by atoms with van der Waals surface area (Å²) in [5.41, 5.74) is 3.62. The molecule has 0 amide bonds. The number of thiazole rings is 1. The highest BCUT2D eigenvalue weighted by Gasteiger charge is 2.20. The Morgan fingerprint density at radius 2 is 1.83 bits per heavy atom. The SMILES string of the molecule is CC(C)N(C(=S)N(C)c1ccc(C#N)cc1)c1ccc(CCCc2nccs2)nc1. The van der Waals surface area contributed by atoms with E-state index in [4.69, 9.17) is 17.5 Å². The Morgan fingerprint density at radius 1 is 1.10 bits per heavy atom. The van der Waals surface area contributed by atoms with Gasteiger partial charge in [0.15, 0.2) is 5.11 Å². The molecule has 0 fully saturated rings. The Labute approximate surface area is 187 Å². The smallest absolute Gasteiger partial charge is 0.180 e. The third kappa shape index (κ3) is 5.41. The van der Waals surface area contributed by atoms with Crippen molar-refractivity contribution < 1.29 is 0 Å². The maximum atomic E-state index is 9.00. The van der Waals surface area contributed by atoms with E-state index in [1.807, 2.05) is 41.9 Å². The first kappa shape index (κ1) is 21.9. The summed E-state index contributed by atoms with van der Waals surface area (Å²) in [5.74, 6) is 0.